The van der Waals surface area contributed by atoms with Crippen molar-refractivity contribution in [3.63, 3.8) is 0 Å². The summed E-state index contributed by atoms with van der Waals surface area (Å²) in [5.74, 6) is 1.06. The molecule has 1 saturated heterocycles. The van der Waals surface area contributed by atoms with E-state index in [1.165, 1.54) is 51.6 Å². The molecule has 3 rings (SSSR count). The van der Waals surface area contributed by atoms with E-state index in [9.17, 15) is 0 Å². The van der Waals surface area contributed by atoms with E-state index in [0.29, 0.717) is 18.1 Å². The highest BCUT2D eigenvalue weighted by molar-refractivity contribution is 5.85. The number of hydrogen-bond donors (Lipinski definition) is 2. The van der Waals surface area contributed by atoms with Gasteiger partial charge in [0.1, 0.15) is 12.2 Å². The summed E-state index contributed by atoms with van der Waals surface area (Å²) in [6, 6.07) is 0.686. The Morgan fingerprint density at radius 1 is 1.24 bits per heavy atom. The Bertz CT molecular complexity index is 469. The smallest absolute Gasteiger partial charge is 0.134 e. The fourth-order valence-electron chi connectivity index (χ4n) is 4.13. The highest BCUT2D eigenvalue weighted by Gasteiger charge is 2.35. The van der Waals surface area contributed by atoms with E-state index < -0.39 is 0 Å². The van der Waals surface area contributed by atoms with Gasteiger partial charge in [0.25, 0.3) is 0 Å². The minimum atomic E-state index is 0. The molecule has 2 fully saturated rings. The van der Waals surface area contributed by atoms with Crippen LogP contribution in [0.5, 0.6) is 0 Å². The van der Waals surface area contributed by atoms with Crippen LogP contribution >= 0.6 is 24.8 Å². The number of ether oxygens (including phenoxy) is 1. The highest BCUT2D eigenvalue weighted by atomic mass is 35.5. The Hall–Kier alpha value is -0.400. The van der Waals surface area contributed by atoms with Gasteiger partial charge in [0.15, 0.2) is 0 Å². The Morgan fingerprint density at radius 3 is 2.64 bits per heavy atom. The quantitative estimate of drug-likeness (QED) is 0.743. The molecule has 0 atom stereocenters. The minimum Gasteiger partial charge on any atom is -0.383 e. The summed E-state index contributed by atoms with van der Waals surface area (Å²) < 4.78 is 7.22. The van der Waals surface area contributed by atoms with Gasteiger partial charge in [0, 0.05) is 32.7 Å². The van der Waals surface area contributed by atoms with Crippen molar-refractivity contribution in [3.05, 3.63) is 12.2 Å². The average molecular weight is 394 g/mol. The van der Waals surface area contributed by atoms with Gasteiger partial charge in [-0.25, -0.2) is 0 Å². The second kappa shape index (κ2) is 11.3. The summed E-state index contributed by atoms with van der Waals surface area (Å²) in [4.78, 5) is 0. The minimum absolute atomic E-state index is 0. The molecule has 8 heteroatoms. The molecular weight excluding hydrogens is 361 g/mol. The molecule has 2 heterocycles. The zero-order valence-corrected chi connectivity index (χ0v) is 16.8. The van der Waals surface area contributed by atoms with Gasteiger partial charge >= 0.3 is 0 Å². The van der Waals surface area contributed by atoms with Crippen molar-refractivity contribution in [2.75, 3.05) is 33.4 Å². The summed E-state index contributed by atoms with van der Waals surface area (Å²) in [5.41, 5.74) is 0.657. The number of aromatic nitrogens is 3. The Labute approximate surface area is 163 Å². The number of hydrogen-bond acceptors (Lipinski definition) is 5. The Balaban J connectivity index is 0.00000156. The number of piperidine rings is 1. The van der Waals surface area contributed by atoms with Crippen molar-refractivity contribution in [1.29, 1.82) is 0 Å². The molecule has 0 amide bonds. The second-order valence-corrected chi connectivity index (χ2v) is 7.16. The zero-order valence-electron chi connectivity index (χ0n) is 15.2. The normalized spacial score (nSPS) is 20.0. The van der Waals surface area contributed by atoms with E-state index in [0.717, 1.165) is 25.3 Å². The zero-order chi connectivity index (χ0) is 16.0. The van der Waals surface area contributed by atoms with Crippen molar-refractivity contribution < 1.29 is 4.74 Å². The van der Waals surface area contributed by atoms with Crippen LogP contribution in [0.3, 0.4) is 0 Å². The molecular formula is C17H33Cl2N5O. The summed E-state index contributed by atoms with van der Waals surface area (Å²) in [6.07, 6.45) is 11.0. The monoisotopic (exact) mass is 393 g/mol. The maximum Gasteiger partial charge on any atom is 0.134 e. The van der Waals surface area contributed by atoms with Crippen molar-refractivity contribution in [2.24, 2.45) is 5.41 Å². The average Bonchev–Trinajstić information content (AvgIpc) is 3.03. The predicted octanol–water partition coefficient (Wildman–Crippen LogP) is 2.21. The molecule has 25 heavy (non-hydrogen) atoms. The number of methoxy groups -OCH3 is 1. The molecule has 1 aromatic heterocycles. The van der Waals surface area contributed by atoms with E-state index >= 15 is 0 Å². The van der Waals surface area contributed by atoms with Gasteiger partial charge in [-0.3, -0.25) is 0 Å². The highest BCUT2D eigenvalue weighted by Crippen LogP contribution is 2.43. The van der Waals surface area contributed by atoms with E-state index in [2.05, 4.69) is 25.4 Å². The van der Waals surface area contributed by atoms with Gasteiger partial charge in [-0.15, -0.1) is 35.0 Å². The lowest BCUT2D eigenvalue weighted by Gasteiger charge is -2.43. The number of nitrogens with zero attached hydrogens (tertiary/aromatic N) is 3. The van der Waals surface area contributed by atoms with Crippen LogP contribution in [0.15, 0.2) is 6.33 Å². The summed E-state index contributed by atoms with van der Waals surface area (Å²) >= 11 is 0. The van der Waals surface area contributed by atoms with Crippen LogP contribution in [0.2, 0.25) is 0 Å². The van der Waals surface area contributed by atoms with Crippen molar-refractivity contribution >= 4 is 24.8 Å². The topological polar surface area (TPSA) is 64.0 Å². The van der Waals surface area contributed by atoms with Crippen LogP contribution < -0.4 is 10.6 Å². The standard InChI is InChI=1S/C17H31N5O.2ClH/c1-23-13-12-22-14-20-21-16(22)4-9-19-15-2-5-17(6-3-15)7-10-18-11-8-17;;/h14-15,18-19H,2-13H2,1H3;2*1H. The molecule has 1 spiro atoms. The molecule has 1 aliphatic heterocycles. The third-order valence-electron chi connectivity index (χ3n) is 5.72. The molecule has 1 aliphatic carbocycles. The van der Waals surface area contributed by atoms with Gasteiger partial charge < -0.3 is 19.9 Å². The van der Waals surface area contributed by atoms with Crippen molar-refractivity contribution in [1.82, 2.24) is 25.4 Å². The van der Waals surface area contributed by atoms with E-state index in [1.54, 1.807) is 13.4 Å². The second-order valence-electron chi connectivity index (χ2n) is 7.16. The molecule has 0 aromatic carbocycles. The molecule has 146 valence electrons. The number of rotatable bonds is 7. The molecule has 0 unspecified atom stereocenters. The first kappa shape index (κ1) is 22.6. The number of halogens is 2. The van der Waals surface area contributed by atoms with Gasteiger partial charge in [-0.05, 0) is 57.0 Å². The largest absolute Gasteiger partial charge is 0.383 e. The molecule has 2 N–H and O–H groups in total. The van der Waals surface area contributed by atoms with Gasteiger partial charge in [0.05, 0.1) is 6.61 Å². The summed E-state index contributed by atoms with van der Waals surface area (Å²) in [6.45, 7) is 4.96. The maximum absolute atomic E-state index is 5.13. The van der Waals surface area contributed by atoms with Crippen LogP contribution in [0.1, 0.15) is 44.3 Å². The summed E-state index contributed by atoms with van der Waals surface area (Å²) in [5, 5.41) is 15.5. The van der Waals surface area contributed by atoms with Gasteiger partial charge in [0.2, 0.25) is 0 Å². The third kappa shape index (κ3) is 6.36. The Morgan fingerprint density at radius 2 is 1.96 bits per heavy atom. The Kier molecular flexibility index (Phi) is 10.3. The predicted molar refractivity (Wildman–Crippen MR) is 105 cm³/mol. The van der Waals surface area contributed by atoms with Crippen LogP contribution in [-0.2, 0) is 17.7 Å². The third-order valence-corrected chi connectivity index (χ3v) is 5.72. The SMILES string of the molecule is COCCn1cnnc1CCNC1CCC2(CCNCC2)CC1.Cl.Cl. The van der Waals surface area contributed by atoms with E-state index in [4.69, 9.17) is 4.74 Å². The van der Waals surface area contributed by atoms with Crippen LogP contribution in [-0.4, -0.2) is 54.2 Å². The van der Waals surface area contributed by atoms with Gasteiger partial charge in [-0.2, -0.15) is 0 Å². The first-order valence-electron chi connectivity index (χ1n) is 9.11. The molecule has 2 aliphatic rings. The lowest BCUT2D eigenvalue weighted by atomic mass is 9.67. The first-order valence-corrected chi connectivity index (χ1v) is 9.11. The molecule has 0 bridgehead atoms. The van der Waals surface area contributed by atoms with E-state index in [-0.39, 0.29) is 24.8 Å². The van der Waals surface area contributed by atoms with Crippen LogP contribution in [0.25, 0.3) is 0 Å². The lowest BCUT2D eigenvalue weighted by Crippen LogP contribution is -2.43. The molecule has 0 radical (unpaired) electrons. The van der Waals surface area contributed by atoms with E-state index in [1.807, 2.05) is 0 Å². The van der Waals surface area contributed by atoms with Crippen LogP contribution in [0, 0.1) is 5.41 Å². The molecule has 1 aromatic rings. The van der Waals surface area contributed by atoms with Gasteiger partial charge in [-0.1, -0.05) is 0 Å². The first-order chi connectivity index (χ1) is 11.3. The molecule has 1 saturated carbocycles. The number of nitrogens with one attached hydrogen (secondary N) is 2. The lowest BCUT2D eigenvalue weighted by molar-refractivity contribution is 0.116. The fourth-order valence-corrected chi connectivity index (χ4v) is 4.13. The van der Waals surface area contributed by atoms with Crippen LogP contribution in [0.4, 0.5) is 0 Å². The van der Waals surface area contributed by atoms with Crippen molar-refractivity contribution in [2.45, 2.75) is 57.5 Å². The fraction of sp³-hybridized carbons (Fsp3) is 0.882. The molecule has 6 nitrogen and oxygen atoms in total. The maximum atomic E-state index is 5.13. The summed E-state index contributed by atoms with van der Waals surface area (Å²) in [7, 11) is 1.73. The van der Waals surface area contributed by atoms with Crippen molar-refractivity contribution in [3.8, 4) is 0 Å².